The number of carbonyl (C=O) groups is 3. The third-order valence-electron chi connectivity index (χ3n) is 6.02. The summed E-state index contributed by atoms with van der Waals surface area (Å²) in [5.74, 6) is -1.95. The Morgan fingerprint density at radius 2 is 1.89 bits per heavy atom. The van der Waals surface area contributed by atoms with Crippen molar-refractivity contribution in [3.63, 3.8) is 0 Å². The molecule has 27 heavy (non-hydrogen) atoms. The van der Waals surface area contributed by atoms with Crippen LogP contribution < -0.4 is 0 Å². The first-order chi connectivity index (χ1) is 12.8. The van der Waals surface area contributed by atoms with Crippen molar-refractivity contribution in [1.29, 1.82) is 0 Å². The molecule has 2 N–H and O–H groups in total. The van der Waals surface area contributed by atoms with Gasteiger partial charge in [0.1, 0.15) is 6.04 Å². The fourth-order valence-corrected chi connectivity index (χ4v) is 4.19. The molecule has 1 aromatic carbocycles. The second-order valence-corrected chi connectivity index (χ2v) is 7.82. The molecule has 0 aromatic heterocycles. The number of carboxylic acid groups (broad SMARTS) is 2. The van der Waals surface area contributed by atoms with Gasteiger partial charge in [-0.2, -0.15) is 0 Å². The first-order valence-corrected chi connectivity index (χ1v) is 9.37. The zero-order valence-corrected chi connectivity index (χ0v) is 15.6. The highest BCUT2D eigenvalue weighted by Crippen LogP contribution is 2.41. The molecule has 1 aromatic rings. The molecule has 0 radical (unpaired) electrons. The van der Waals surface area contributed by atoms with Gasteiger partial charge < -0.3 is 15.1 Å². The third kappa shape index (κ3) is 4.30. The van der Waals surface area contributed by atoms with E-state index >= 15 is 0 Å². The number of piperidine rings is 2. The molecule has 2 heterocycles. The molecule has 2 aliphatic rings. The Bertz CT molecular complexity index is 740. The molecule has 0 bridgehead atoms. The van der Waals surface area contributed by atoms with Crippen molar-refractivity contribution in [3.05, 3.63) is 35.4 Å². The minimum absolute atomic E-state index is 0.00294. The number of hydrogen-bond acceptors (Lipinski definition) is 4. The van der Waals surface area contributed by atoms with Crippen LogP contribution in [0, 0.1) is 5.41 Å². The van der Waals surface area contributed by atoms with E-state index in [1.807, 2.05) is 6.07 Å². The van der Waals surface area contributed by atoms with Crippen LogP contribution in [0.4, 0.5) is 0 Å². The molecular weight excluding hydrogens is 348 g/mol. The summed E-state index contributed by atoms with van der Waals surface area (Å²) in [6.45, 7) is 4.51. The number of benzene rings is 1. The lowest BCUT2D eigenvalue weighted by atomic mass is 9.72. The first-order valence-electron chi connectivity index (χ1n) is 9.37. The lowest BCUT2D eigenvalue weighted by Crippen LogP contribution is -2.55. The lowest BCUT2D eigenvalue weighted by Gasteiger charge is -2.48. The maximum Gasteiger partial charge on any atom is 0.335 e. The normalized spacial score (nSPS) is 21.2. The van der Waals surface area contributed by atoms with Crippen molar-refractivity contribution < 1.29 is 24.6 Å². The van der Waals surface area contributed by atoms with Gasteiger partial charge in [-0.3, -0.25) is 9.69 Å². The summed E-state index contributed by atoms with van der Waals surface area (Å²) in [5.41, 5.74) is 1.27. The minimum atomic E-state index is -0.962. The number of rotatable bonds is 5. The smallest absolute Gasteiger partial charge is 0.335 e. The van der Waals surface area contributed by atoms with E-state index in [4.69, 9.17) is 5.11 Å². The minimum Gasteiger partial charge on any atom is -0.480 e. The van der Waals surface area contributed by atoms with E-state index in [1.54, 1.807) is 25.1 Å². The van der Waals surface area contributed by atoms with Crippen molar-refractivity contribution in [3.8, 4) is 0 Å². The molecule has 7 heteroatoms. The maximum atomic E-state index is 12.2. The van der Waals surface area contributed by atoms with Gasteiger partial charge >= 0.3 is 11.9 Å². The quantitative estimate of drug-likeness (QED) is 0.819. The van der Waals surface area contributed by atoms with Crippen molar-refractivity contribution in [2.45, 2.75) is 45.2 Å². The van der Waals surface area contributed by atoms with E-state index < -0.39 is 18.0 Å². The number of aliphatic carboxylic acids is 1. The number of hydrogen-bond donors (Lipinski definition) is 2. The standard InChI is InChI=1S/C20H26N2O5/c1-14(18(24)25)22-13-20(6-5-17(22)23)7-9-21(10-8-20)12-15-3-2-4-16(11-15)19(26)27/h2-4,11,14H,5-10,12-13H2,1H3,(H,24,25)(H,26,27)/t14-/m0/s1. The van der Waals surface area contributed by atoms with Crippen molar-refractivity contribution in [2.24, 2.45) is 5.41 Å². The van der Waals surface area contributed by atoms with Gasteiger partial charge in [0.05, 0.1) is 5.56 Å². The molecule has 7 nitrogen and oxygen atoms in total. The van der Waals surface area contributed by atoms with Crippen LogP contribution >= 0.6 is 0 Å². The molecule has 2 saturated heterocycles. The summed E-state index contributed by atoms with van der Waals surface area (Å²) in [4.78, 5) is 38.4. The Kier molecular flexibility index (Phi) is 5.51. The Morgan fingerprint density at radius 1 is 1.19 bits per heavy atom. The number of carbonyl (C=O) groups excluding carboxylic acids is 1. The molecule has 2 aliphatic heterocycles. The highest BCUT2D eigenvalue weighted by molar-refractivity contribution is 5.87. The number of carboxylic acids is 2. The van der Waals surface area contributed by atoms with E-state index in [0.717, 1.165) is 37.9 Å². The molecule has 0 unspecified atom stereocenters. The molecule has 146 valence electrons. The molecule has 0 aliphatic carbocycles. The molecule has 0 saturated carbocycles. The first kappa shape index (κ1) is 19.4. The summed E-state index contributed by atoms with van der Waals surface area (Å²) in [6, 6.07) is 6.22. The van der Waals surface area contributed by atoms with Crippen LogP contribution in [0.25, 0.3) is 0 Å². The van der Waals surface area contributed by atoms with Gasteiger partial charge in [0.25, 0.3) is 0 Å². The van der Waals surface area contributed by atoms with Gasteiger partial charge in [-0.25, -0.2) is 9.59 Å². The number of amides is 1. The van der Waals surface area contributed by atoms with Crippen LogP contribution in [0.5, 0.6) is 0 Å². The van der Waals surface area contributed by atoms with E-state index in [2.05, 4.69) is 4.90 Å². The second kappa shape index (κ2) is 7.68. The SMILES string of the molecule is C[C@@H](C(=O)O)N1CC2(CCC1=O)CCN(Cc1cccc(C(=O)O)c1)CC2. The predicted molar refractivity (Wildman–Crippen MR) is 98.4 cm³/mol. The Morgan fingerprint density at radius 3 is 2.52 bits per heavy atom. The summed E-state index contributed by atoms with van der Waals surface area (Å²) >= 11 is 0. The monoisotopic (exact) mass is 374 g/mol. The molecule has 3 rings (SSSR count). The molecule has 2 fully saturated rings. The van der Waals surface area contributed by atoms with E-state index in [9.17, 15) is 19.5 Å². The fraction of sp³-hybridized carbons (Fsp3) is 0.550. The van der Waals surface area contributed by atoms with Crippen molar-refractivity contribution in [2.75, 3.05) is 19.6 Å². The average molecular weight is 374 g/mol. The largest absolute Gasteiger partial charge is 0.480 e. The van der Waals surface area contributed by atoms with Gasteiger partial charge in [0.15, 0.2) is 0 Å². The molecule has 1 atom stereocenters. The van der Waals surface area contributed by atoms with Crippen LogP contribution in [-0.4, -0.2) is 63.5 Å². The van der Waals surface area contributed by atoms with Crippen LogP contribution in [0.1, 0.15) is 48.5 Å². The zero-order chi connectivity index (χ0) is 19.6. The second-order valence-electron chi connectivity index (χ2n) is 7.82. The number of aromatic carboxylic acids is 1. The Hall–Kier alpha value is -2.41. The summed E-state index contributed by atoms with van der Waals surface area (Å²) in [7, 11) is 0. The summed E-state index contributed by atoms with van der Waals surface area (Å²) in [6.07, 6.45) is 3.07. The van der Waals surface area contributed by atoms with Crippen LogP contribution in [0.2, 0.25) is 0 Å². The lowest BCUT2D eigenvalue weighted by molar-refractivity contribution is -0.155. The highest BCUT2D eigenvalue weighted by atomic mass is 16.4. The van der Waals surface area contributed by atoms with E-state index in [-0.39, 0.29) is 11.3 Å². The summed E-state index contributed by atoms with van der Waals surface area (Å²) in [5, 5.41) is 18.4. The fourth-order valence-electron chi connectivity index (χ4n) is 4.19. The topological polar surface area (TPSA) is 98.2 Å². The Labute approximate surface area is 158 Å². The van der Waals surface area contributed by atoms with Crippen LogP contribution in [0.15, 0.2) is 24.3 Å². The summed E-state index contributed by atoms with van der Waals surface area (Å²) < 4.78 is 0. The molecular formula is C20H26N2O5. The van der Waals surface area contributed by atoms with Gasteiger partial charge in [-0.1, -0.05) is 12.1 Å². The van der Waals surface area contributed by atoms with Crippen LogP contribution in [-0.2, 0) is 16.1 Å². The zero-order valence-electron chi connectivity index (χ0n) is 15.6. The number of likely N-dealkylation sites (tertiary alicyclic amines) is 2. The average Bonchev–Trinajstić information content (AvgIpc) is 2.65. The van der Waals surface area contributed by atoms with Crippen LogP contribution in [0.3, 0.4) is 0 Å². The molecule has 1 spiro atoms. The van der Waals surface area contributed by atoms with Gasteiger partial charge in [-0.05, 0) is 62.4 Å². The van der Waals surface area contributed by atoms with Gasteiger partial charge in [0, 0.05) is 19.5 Å². The van der Waals surface area contributed by atoms with Crippen molar-refractivity contribution in [1.82, 2.24) is 9.80 Å². The maximum absolute atomic E-state index is 12.2. The molecule has 1 amide bonds. The van der Waals surface area contributed by atoms with E-state index in [0.29, 0.717) is 25.1 Å². The third-order valence-corrected chi connectivity index (χ3v) is 6.02. The predicted octanol–water partition coefficient (Wildman–Crippen LogP) is 2.06. The highest BCUT2D eigenvalue weighted by Gasteiger charge is 2.43. The van der Waals surface area contributed by atoms with Gasteiger partial charge in [0.2, 0.25) is 5.91 Å². The number of nitrogens with zero attached hydrogens (tertiary/aromatic N) is 2. The Balaban J connectivity index is 1.61. The van der Waals surface area contributed by atoms with Crippen molar-refractivity contribution >= 4 is 17.8 Å². The van der Waals surface area contributed by atoms with Gasteiger partial charge in [-0.15, -0.1) is 0 Å². The van der Waals surface area contributed by atoms with E-state index in [1.165, 1.54) is 4.90 Å².